The number of unbranched alkanes of at least 4 members (excludes halogenated alkanes) is 1. The van der Waals surface area contributed by atoms with Crippen LogP contribution in [0.1, 0.15) is 19.8 Å². The average molecular weight is 245 g/mol. The van der Waals surface area contributed by atoms with Gasteiger partial charge in [0.2, 0.25) is 0 Å². The summed E-state index contributed by atoms with van der Waals surface area (Å²) in [4.78, 5) is 22.5. The molecule has 1 fully saturated rings. The summed E-state index contributed by atoms with van der Waals surface area (Å²) in [5.74, 6) is 0. The third kappa shape index (κ3) is 4.17. The molecule has 0 aliphatic carbocycles. The Morgan fingerprint density at radius 1 is 1.47 bits per heavy atom. The van der Waals surface area contributed by atoms with Gasteiger partial charge in [-0.3, -0.25) is 10.6 Å². The monoisotopic (exact) mass is 245 g/mol. The summed E-state index contributed by atoms with van der Waals surface area (Å²) in [5, 5.41) is 8.77. The lowest BCUT2D eigenvalue weighted by Crippen LogP contribution is -2.71. The minimum atomic E-state index is -0.622. The van der Waals surface area contributed by atoms with Gasteiger partial charge in [0, 0.05) is 13.7 Å². The molecule has 1 atom stereocenters. The van der Waals surface area contributed by atoms with Gasteiger partial charge in [-0.2, -0.15) is 0 Å². The summed E-state index contributed by atoms with van der Waals surface area (Å²) < 4.78 is 5.29. The normalized spacial score (nSPS) is 20.1. The first-order valence-electron chi connectivity index (χ1n) is 5.58. The number of carbonyl (C=O) groups excluding carboxylic acids is 2. The molecule has 1 heterocycles. The fourth-order valence-electron chi connectivity index (χ4n) is 1.33. The van der Waals surface area contributed by atoms with Crippen molar-refractivity contribution in [3.05, 3.63) is 0 Å². The molecule has 17 heavy (non-hydrogen) atoms. The number of nitrogens with zero attached hydrogens (tertiary/aromatic N) is 1. The molecule has 0 bridgehead atoms. The molecule has 1 aliphatic heterocycles. The van der Waals surface area contributed by atoms with Gasteiger partial charge in [-0.15, -0.1) is 0 Å². The lowest BCUT2D eigenvalue weighted by Gasteiger charge is -2.35. The Morgan fingerprint density at radius 2 is 2.24 bits per heavy atom. The van der Waals surface area contributed by atoms with Gasteiger partial charge in [0.05, 0.1) is 6.73 Å². The molecule has 0 spiro atoms. The van der Waals surface area contributed by atoms with E-state index < -0.39 is 18.4 Å². The number of hydrogen-bond acceptors (Lipinski definition) is 5. The van der Waals surface area contributed by atoms with E-state index in [1.54, 1.807) is 7.05 Å². The number of hydrazine groups is 1. The van der Waals surface area contributed by atoms with Crippen LogP contribution in [0.3, 0.4) is 0 Å². The lowest BCUT2D eigenvalue weighted by atomic mass is 10.4. The second kappa shape index (κ2) is 7.05. The topological polar surface area (TPSA) is 94.7 Å². The smallest absolute Gasteiger partial charge is 0.342 e. The van der Waals surface area contributed by atoms with Crippen molar-refractivity contribution in [3.63, 3.8) is 0 Å². The third-order valence-electron chi connectivity index (χ3n) is 2.23. The van der Waals surface area contributed by atoms with E-state index in [9.17, 15) is 9.59 Å². The van der Waals surface area contributed by atoms with Crippen LogP contribution in [0.15, 0.2) is 0 Å². The molecule has 1 saturated heterocycles. The minimum Gasteiger partial charge on any atom is -0.366 e. The number of carbonyl (C=O) groups is 2. The lowest BCUT2D eigenvalue weighted by molar-refractivity contribution is 0.0515. The maximum absolute atomic E-state index is 11.4. The number of nitrogens with one attached hydrogen (secondary N) is 4. The summed E-state index contributed by atoms with van der Waals surface area (Å²) in [5.41, 5.74) is 2.66. The Balaban J connectivity index is 2.33. The van der Waals surface area contributed by atoms with E-state index in [1.165, 1.54) is 5.01 Å². The quantitative estimate of drug-likeness (QED) is 0.358. The summed E-state index contributed by atoms with van der Waals surface area (Å²) >= 11 is 0. The van der Waals surface area contributed by atoms with Crippen molar-refractivity contribution in [1.29, 1.82) is 0 Å². The molecule has 8 nitrogen and oxygen atoms in total. The number of hydrogen-bond donors (Lipinski definition) is 4. The van der Waals surface area contributed by atoms with Crippen molar-refractivity contribution in [2.24, 2.45) is 0 Å². The highest BCUT2D eigenvalue weighted by molar-refractivity contribution is 5.95. The molecule has 0 radical (unpaired) electrons. The number of urea groups is 2. The van der Waals surface area contributed by atoms with Crippen LogP contribution in [0.25, 0.3) is 0 Å². The van der Waals surface area contributed by atoms with Crippen LogP contribution in [0.4, 0.5) is 9.59 Å². The molecule has 0 aromatic heterocycles. The van der Waals surface area contributed by atoms with Crippen molar-refractivity contribution in [2.75, 3.05) is 20.4 Å². The summed E-state index contributed by atoms with van der Waals surface area (Å²) in [6, 6.07) is -1.05. The Bertz CT molecular complexity index is 273. The molecular formula is C9H19N5O3. The Kier molecular flexibility index (Phi) is 5.67. The van der Waals surface area contributed by atoms with E-state index in [0.29, 0.717) is 6.61 Å². The molecule has 8 heteroatoms. The number of rotatable bonds is 7. The molecule has 4 N–H and O–H groups in total. The molecule has 1 rings (SSSR count). The first-order chi connectivity index (χ1) is 8.19. The molecule has 0 saturated carbocycles. The highest BCUT2D eigenvalue weighted by atomic mass is 16.5. The van der Waals surface area contributed by atoms with Crippen molar-refractivity contribution >= 4 is 12.1 Å². The van der Waals surface area contributed by atoms with E-state index >= 15 is 0 Å². The van der Waals surface area contributed by atoms with E-state index in [1.807, 2.05) is 0 Å². The van der Waals surface area contributed by atoms with Crippen LogP contribution in [0.2, 0.25) is 0 Å². The van der Waals surface area contributed by atoms with Crippen LogP contribution in [-0.4, -0.2) is 43.7 Å². The van der Waals surface area contributed by atoms with Gasteiger partial charge >= 0.3 is 12.1 Å². The van der Waals surface area contributed by atoms with Crippen LogP contribution < -0.4 is 21.4 Å². The Hall–Kier alpha value is -1.38. The zero-order valence-corrected chi connectivity index (χ0v) is 10.1. The maximum atomic E-state index is 11.4. The highest BCUT2D eigenvalue weighted by Crippen LogP contribution is 1.96. The average Bonchev–Trinajstić information content (AvgIpc) is 2.28. The number of ether oxygens (including phenoxy) is 1. The minimum absolute atomic E-state index is 0.260. The second-order valence-electron chi connectivity index (χ2n) is 3.51. The van der Waals surface area contributed by atoms with Crippen molar-refractivity contribution < 1.29 is 14.3 Å². The van der Waals surface area contributed by atoms with Gasteiger partial charge in [-0.25, -0.2) is 20.0 Å². The highest BCUT2D eigenvalue weighted by Gasteiger charge is 2.30. The fourth-order valence-corrected chi connectivity index (χ4v) is 1.33. The molecule has 0 aromatic rings. The standard InChI is InChI=1S/C9H19N5O3/c1-3-4-5-17-6-11-7-12-8(15)13-9(16)14(7)10-2/h7,10-11H,3-6H2,1-2H3,(H2,12,13,15,16). The van der Waals surface area contributed by atoms with Gasteiger partial charge in [-0.05, 0) is 6.42 Å². The van der Waals surface area contributed by atoms with Crippen LogP contribution in [0, 0.1) is 0 Å². The van der Waals surface area contributed by atoms with E-state index in [4.69, 9.17) is 4.74 Å². The van der Waals surface area contributed by atoms with Gasteiger partial charge in [0.25, 0.3) is 0 Å². The first kappa shape index (κ1) is 13.7. The summed E-state index contributed by atoms with van der Waals surface area (Å²) in [6.45, 7) is 2.98. The zero-order valence-electron chi connectivity index (χ0n) is 10.1. The second-order valence-corrected chi connectivity index (χ2v) is 3.51. The first-order valence-corrected chi connectivity index (χ1v) is 5.58. The van der Waals surface area contributed by atoms with Crippen molar-refractivity contribution in [2.45, 2.75) is 26.1 Å². The third-order valence-corrected chi connectivity index (χ3v) is 2.23. The van der Waals surface area contributed by atoms with Crippen molar-refractivity contribution in [3.8, 4) is 0 Å². The number of amides is 4. The predicted molar refractivity (Wildman–Crippen MR) is 60.6 cm³/mol. The molecular weight excluding hydrogens is 226 g/mol. The summed E-state index contributed by atoms with van der Waals surface area (Å²) in [7, 11) is 1.59. The van der Waals surface area contributed by atoms with E-state index in [-0.39, 0.29) is 6.73 Å². The van der Waals surface area contributed by atoms with Crippen LogP contribution >= 0.6 is 0 Å². The Morgan fingerprint density at radius 3 is 2.88 bits per heavy atom. The molecule has 98 valence electrons. The maximum Gasteiger partial charge on any atom is 0.342 e. The largest absolute Gasteiger partial charge is 0.366 e. The van der Waals surface area contributed by atoms with E-state index in [0.717, 1.165) is 12.8 Å². The van der Waals surface area contributed by atoms with Gasteiger partial charge in [-0.1, -0.05) is 13.3 Å². The van der Waals surface area contributed by atoms with Gasteiger partial charge in [0.1, 0.15) is 0 Å². The van der Waals surface area contributed by atoms with Gasteiger partial charge < -0.3 is 10.1 Å². The molecule has 0 aromatic carbocycles. The molecule has 4 amide bonds. The number of imide groups is 1. The summed E-state index contributed by atoms with van der Waals surface area (Å²) in [6.07, 6.45) is 1.42. The molecule has 1 unspecified atom stereocenters. The van der Waals surface area contributed by atoms with Crippen molar-refractivity contribution in [1.82, 2.24) is 26.4 Å². The van der Waals surface area contributed by atoms with Gasteiger partial charge in [0.15, 0.2) is 6.29 Å². The predicted octanol–water partition coefficient (Wildman–Crippen LogP) is -0.497. The SMILES string of the molecule is CCCCOCNC1NC(=O)NC(=O)N1NC. The zero-order chi connectivity index (χ0) is 12.7. The van der Waals surface area contributed by atoms with E-state index in [2.05, 4.69) is 28.3 Å². The molecule has 1 aliphatic rings. The van der Waals surface area contributed by atoms with Crippen LogP contribution in [-0.2, 0) is 4.74 Å². The fraction of sp³-hybridized carbons (Fsp3) is 0.778. The van der Waals surface area contributed by atoms with Crippen LogP contribution in [0.5, 0.6) is 0 Å². The Labute approximate surface area is 100 Å².